The first-order chi connectivity index (χ1) is 13.1. The summed E-state index contributed by atoms with van der Waals surface area (Å²) in [5, 5.41) is 10.0. The third-order valence-corrected chi connectivity index (χ3v) is 5.35. The van der Waals surface area contributed by atoms with Crippen LogP contribution in [0.4, 0.5) is 4.39 Å². The van der Waals surface area contributed by atoms with Gasteiger partial charge in [0, 0.05) is 30.8 Å². The summed E-state index contributed by atoms with van der Waals surface area (Å²) < 4.78 is 14.7. The molecule has 1 unspecified atom stereocenters. The molecule has 0 saturated carbocycles. The van der Waals surface area contributed by atoms with Crippen LogP contribution in [0.1, 0.15) is 17.7 Å². The highest BCUT2D eigenvalue weighted by Gasteiger charge is 2.37. The summed E-state index contributed by atoms with van der Waals surface area (Å²) in [6, 6.07) is 13.5. The Kier molecular flexibility index (Phi) is 4.76. The predicted octanol–water partition coefficient (Wildman–Crippen LogP) is 2.26. The third kappa shape index (κ3) is 3.77. The van der Waals surface area contributed by atoms with E-state index in [2.05, 4.69) is 9.88 Å². The molecule has 0 aliphatic carbocycles. The largest absolute Gasteiger partial charge is 0.396 e. The van der Waals surface area contributed by atoms with Crippen LogP contribution in [0.3, 0.4) is 0 Å². The summed E-state index contributed by atoms with van der Waals surface area (Å²) in [6.45, 7) is 2.20. The highest BCUT2D eigenvalue weighted by molar-refractivity contribution is 5.38. The maximum atomic E-state index is 13.1. The van der Waals surface area contributed by atoms with E-state index in [0.29, 0.717) is 18.6 Å². The van der Waals surface area contributed by atoms with E-state index in [1.54, 1.807) is 30.5 Å². The van der Waals surface area contributed by atoms with Crippen LogP contribution in [0.2, 0.25) is 0 Å². The summed E-state index contributed by atoms with van der Waals surface area (Å²) >= 11 is 0. The minimum atomic E-state index is -0.251. The summed E-state index contributed by atoms with van der Waals surface area (Å²) in [5.74, 6) is -0.251. The molecule has 6 heteroatoms. The van der Waals surface area contributed by atoms with Gasteiger partial charge in [-0.05, 0) is 49.2 Å². The highest BCUT2D eigenvalue weighted by atomic mass is 19.1. The van der Waals surface area contributed by atoms with Crippen LogP contribution in [0.5, 0.6) is 0 Å². The average molecular weight is 367 g/mol. The first-order valence-corrected chi connectivity index (χ1v) is 9.12. The van der Waals surface area contributed by atoms with Crippen molar-refractivity contribution in [2.24, 2.45) is 5.41 Å². The van der Waals surface area contributed by atoms with Gasteiger partial charge in [0.2, 0.25) is 0 Å². The van der Waals surface area contributed by atoms with Crippen LogP contribution >= 0.6 is 0 Å². The van der Waals surface area contributed by atoms with Crippen molar-refractivity contribution in [3.8, 4) is 0 Å². The van der Waals surface area contributed by atoms with Gasteiger partial charge in [0.15, 0.2) is 0 Å². The molecule has 3 heterocycles. The number of hydrogen-bond donors (Lipinski definition) is 1. The Morgan fingerprint density at radius 3 is 2.78 bits per heavy atom. The number of benzene rings is 1. The molecule has 1 atom stereocenters. The zero-order valence-corrected chi connectivity index (χ0v) is 15.0. The van der Waals surface area contributed by atoms with Crippen LogP contribution in [-0.2, 0) is 13.0 Å². The quantitative estimate of drug-likeness (QED) is 0.752. The number of aliphatic hydroxyl groups excluding tert-OH is 1. The molecular weight excluding hydrogens is 345 g/mol. The van der Waals surface area contributed by atoms with Crippen molar-refractivity contribution < 1.29 is 9.50 Å². The van der Waals surface area contributed by atoms with Gasteiger partial charge in [0.25, 0.3) is 5.56 Å². The molecule has 0 spiro atoms. The Hall–Kier alpha value is -2.57. The predicted molar refractivity (Wildman–Crippen MR) is 101 cm³/mol. The number of aliphatic hydroxyl groups is 1. The molecule has 1 fully saturated rings. The second-order valence-electron chi connectivity index (χ2n) is 7.44. The monoisotopic (exact) mass is 367 g/mol. The first kappa shape index (κ1) is 17.8. The smallest absolute Gasteiger partial charge is 0.258 e. The maximum Gasteiger partial charge on any atom is 0.258 e. The molecule has 4 rings (SSSR count). The van der Waals surface area contributed by atoms with E-state index in [4.69, 9.17) is 0 Å². The molecule has 27 heavy (non-hydrogen) atoms. The highest BCUT2D eigenvalue weighted by Crippen LogP contribution is 2.34. The lowest BCUT2D eigenvalue weighted by Gasteiger charge is -2.27. The lowest BCUT2D eigenvalue weighted by atomic mass is 9.81. The van der Waals surface area contributed by atoms with Gasteiger partial charge in [-0.15, -0.1) is 0 Å². The number of rotatable bonds is 5. The van der Waals surface area contributed by atoms with E-state index >= 15 is 0 Å². The second kappa shape index (κ2) is 7.21. The maximum absolute atomic E-state index is 13.1. The summed E-state index contributed by atoms with van der Waals surface area (Å²) in [4.78, 5) is 19.1. The zero-order chi connectivity index (χ0) is 18.9. The third-order valence-electron chi connectivity index (χ3n) is 5.35. The molecule has 0 radical (unpaired) electrons. The SMILES string of the molecule is O=c1cc(CN2CCC(CO)(Cc3ccc(F)cc3)C2)nc2ccccn12. The van der Waals surface area contributed by atoms with Gasteiger partial charge in [-0.2, -0.15) is 0 Å². The lowest BCUT2D eigenvalue weighted by Crippen LogP contribution is -2.32. The van der Waals surface area contributed by atoms with Gasteiger partial charge in [-0.1, -0.05) is 18.2 Å². The molecule has 0 bridgehead atoms. The van der Waals surface area contributed by atoms with Gasteiger partial charge < -0.3 is 5.11 Å². The Morgan fingerprint density at radius 1 is 1.19 bits per heavy atom. The molecule has 140 valence electrons. The molecule has 2 aromatic heterocycles. The standard InChI is InChI=1S/C21H22FN3O2/c22-17-6-4-16(5-7-17)12-21(15-26)8-10-24(14-21)13-18-11-20(27)25-9-2-1-3-19(25)23-18/h1-7,9,11,26H,8,10,12-15H2. The second-order valence-corrected chi connectivity index (χ2v) is 7.44. The first-order valence-electron chi connectivity index (χ1n) is 9.12. The van der Waals surface area contributed by atoms with E-state index in [1.165, 1.54) is 16.5 Å². The van der Waals surface area contributed by atoms with Crippen LogP contribution in [0.25, 0.3) is 5.65 Å². The lowest BCUT2D eigenvalue weighted by molar-refractivity contribution is 0.126. The van der Waals surface area contributed by atoms with Crippen molar-refractivity contribution in [2.75, 3.05) is 19.7 Å². The van der Waals surface area contributed by atoms with Crippen LogP contribution < -0.4 is 5.56 Å². The number of aromatic nitrogens is 2. The number of hydrogen-bond acceptors (Lipinski definition) is 4. The zero-order valence-electron chi connectivity index (χ0n) is 15.0. The van der Waals surface area contributed by atoms with E-state index < -0.39 is 0 Å². The molecule has 3 aromatic rings. The van der Waals surface area contributed by atoms with Gasteiger partial charge in [-0.3, -0.25) is 14.1 Å². The summed E-state index contributed by atoms with van der Waals surface area (Å²) in [7, 11) is 0. The van der Waals surface area contributed by atoms with Crippen molar-refractivity contribution >= 4 is 5.65 Å². The number of fused-ring (bicyclic) bond motifs is 1. The number of likely N-dealkylation sites (tertiary alicyclic amines) is 1. The van der Waals surface area contributed by atoms with Crippen molar-refractivity contribution in [1.29, 1.82) is 0 Å². The Bertz CT molecular complexity index is 1000. The molecule has 1 N–H and O–H groups in total. The fourth-order valence-electron chi connectivity index (χ4n) is 3.94. The number of halogens is 1. The molecule has 1 aliphatic heterocycles. The van der Waals surface area contributed by atoms with Gasteiger partial charge in [-0.25, -0.2) is 9.37 Å². The Labute approximate surface area is 156 Å². The average Bonchev–Trinajstić information content (AvgIpc) is 3.07. The van der Waals surface area contributed by atoms with Gasteiger partial charge in [0.1, 0.15) is 11.5 Å². The van der Waals surface area contributed by atoms with Crippen molar-refractivity contribution in [1.82, 2.24) is 14.3 Å². The minimum Gasteiger partial charge on any atom is -0.396 e. The summed E-state index contributed by atoms with van der Waals surface area (Å²) in [6.07, 6.45) is 3.27. The van der Waals surface area contributed by atoms with Gasteiger partial charge in [0.05, 0.1) is 12.3 Å². The molecule has 0 amide bonds. The fraction of sp³-hybridized carbons (Fsp3) is 0.333. The Morgan fingerprint density at radius 2 is 2.00 bits per heavy atom. The van der Waals surface area contributed by atoms with Crippen molar-refractivity contribution in [3.63, 3.8) is 0 Å². The van der Waals surface area contributed by atoms with E-state index in [9.17, 15) is 14.3 Å². The van der Waals surface area contributed by atoms with Crippen molar-refractivity contribution in [3.05, 3.63) is 82.2 Å². The fourth-order valence-corrected chi connectivity index (χ4v) is 3.94. The van der Waals surface area contributed by atoms with Crippen LogP contribution in [0.15, 0.2) is 59.5 Å². The van der Waals surface area contributed by atoms with Gasteiger partial charge >= 0.3 is 0 Å². The molecule has 1 saturated heterocycles. The normalized spacial score (nSPS) is 20.4. The van der Waals surface area contributed by atoms with Crippen molar-refractivity contribution in [2.45, 2.75) is 19.4 Å². The summed E-state index contributed by atoms with van der Waals surface area (Å²) in [5.41, 5.74) is 2.06. The Balaban J connectivity index is 1.50. The number of pyridine rings is 1. The molecule has 1 aromatic carbocycles. The topological polar surface area (TPSA) is 57.8 Å². The molecular formula is C21H22FN3O2. The number of nitrogens with zero attached hydrogens (tertiary/aromatic N) is 3. The van der Waals surface area contributed by atoms with E-state index in [0.717, 1.165) is 30.8 Å². The van der Waals surface area contributed by atoms with Crippen LogP contribution in [0, 0.1) is 11.2 Å². The molecule has 1 aliphatic rings. The van der Waals surface area contributed by atoms with E-state index in [-0.39, 0.29) is 23.4 Å². The molecule has 5 nitrogen and oxygen atoms in total. The minimum absolute atomic E-state index is 0.0781. The van der Waals surface area contributed by atoms with E-state index in [1.807, 2.05) is 12.1 Å². The van der Waals surface area contributed by atoms with Crippen LogP contribution in [-0.4, -0.2) is 39.1 Å².